The number of sulfone groups is 1. The van der Waals surface area contributed by atoms with Crippen LogP contribution in [0.1, 0.15) is 14.9 Å². The molecule has 0 fully saturated rings. The normalized spacial score (nSPS) is 10.7. The van der Waals surface area contributed by atoms with Gasteiger partial charge in [-0.3, -0.25) is 4.79 Å². The van der Waals surface area contributed by atoms with E-state index in [1.807, 2.05) is 0 Å². The van der Waals surface area contributed by atoms with Crippen LogP contribution < -0.4 is 5.43 Å². The van der Waals surface area contributed by atoms with Crippen molar-refractivity contribution in [3.63, 3.8) is 0 Å². The number of nitrogens with zero attached hydrogens (tertiary/aromatic N) is 1. The summed E-state index contributed by atoms with van der Waals surface area (Å²) in [4.78, 5) is 11.6. The molecule has 1 aromatic carbocycles. The van der Waals surface area contributed by atoms with Gasteiger partial charge in [0.05, 0.1) is 5.52 Å². The molecule has 1 heterocycles. The summed E-state index contributed by atoms with van der Waals surface area (Å²) in [6.45, 7) is 0. The molecule has 106 valence electrons. The Morgan fingerprint density at radius 3 is 2.32 bits per heavy atom. The molecule has 1 aromatic heterocycles. The molecule has 2 rings (SSSR count). The molecule has 6 heteroatoms. The molecule has 0 bridgehead atoms. The maximum atomic E-state index is 13.0. The standard InChI is InChI=1S/C11H10FNO3S.2CH4/c1-13-6-10(17(2,15)16)11(14)8-4-3-7(12)5-9(8)13;;/h3-6H,1-2H3;2*1H4. The predicted octanol–water partition coefficient (Wildman–Crippen LogP) is 2.35. The van der Waals surface area contributed by atoms with E-state index >= 15 is 0 Å². The van der Waals surface area contributed by atoms with E-state index in [-0.39, 0.29) is 25.1 Å². The second kappa shape index (κ2) is 5.52. The minimum Gasteiger partial charge on any atom is -0.349 e. The number of hydrogen-bond donors (Lipinski definition) is 0. The van der Waals surface area contributed by atoms with E-state index < -0.39 is 21.1 Å². The zero-order chi connectivity index (χ0) is 12.8. The molecule has 0 aliphatic carbocycles. The van der Waals surface area contributed by atoms with Crippen molar-refractivity contribution < 1.29 is 12.8 Å². The molecule has 4 nitrogen and oxygen atoms in total. The first-order valence-corrected chi connectivity index (χ1v) is 6.69. The summed E-state index contributed by atoms with van der Waals surface area (Å²) in [5.74, 6) is -0.473. The van der Waals surface area contributed by atoms with Crippen molar-refractivity contribution in [2.45, 2.75) is 19.7 Å². The molecule has 0 aliphatic heterocycles. The SMILES string of the molecule is C.C.Cn1cc(S(C)(=O)=O)c(=O)c2ccc(F)cc21. The van der Waals surface area contributed by atoms with Crippen LogP contribution in [-0.2, 0) is 16.9 Å². The fourth-order valence-electron chi connectivity index (χ4n) is 1.69. The van der Waals surface area contributed by atoms with E-state index in [4.69, 9.17) is 0 Å². The molecular weight excluding hydrogens is 269 g/mol. The summed E-state index contributed by atoms with van der Waals surface area (Å²) in [6.07, 6.45) is 2.18. The van der Waals surface area contributed by atoms with Gasteiger partial charge in [-0.1, -0.05) is 14.9 Å². The Labute approximate surface area is 112 Å². The van der Waals surface area contributed by atoms with E-state index in [0.29, 0.717) is 5.52 Å². The quantitative estimate of drug-likeness (QED) is 0.809. The fourth-order valence-corrected chi connectivity index (χ4v) is 2.49. The minimum absolute atomic E-state index is 0. The van der Waals surface area contributed by atoms with Crippen molar-refractivity contribution in [1.29, 1.82) is 0 Å². The molecule has 0 aliphatic rings. The van der Waals surface area contributed by atoms with Gasteiger partial charge in [0.2, 0.25) is 5.43 Å². The maximum absolute atomic E-state index is 13.0. The molecule has 0 amide bonds. The van der Waals surface area contributed by atoms with Crippen molar-refractivity contribution in [3.8, 4) is 0 Å². The van der Waals surface area contributed by atoms with Crippen molar-refractivity contribution in [1.82, 2.24) is 4.57 Å². The lowest BCUT2D eigenvalue weighted by atomic mass is 10.2. The van der Waals surface area contributed by atoms with Gasteiger partial charge in [-0.05, 0) is 18.2 Å². The number of benzene rings is 1. The average molecular weight is 287 g/mol. The van der Waals surface area contributed by atoms with Gasteiger partial charge in [-0.25, -0.2) is 12.8 Å². The van der Waals surface area contributed by atoms with E-state index in [9.17, 15) is 17.6 Å². The van der Waals surface area contributed by atoms with Crippen LogP contribution in [0.2, 0.25) is 0 Å². The van der Waals surface area contributed by atoms with Gasteiger partial charge in [-0.2, -0.15) is 0 Å². The highest BCUT2D eigenvalue weighted by Gasteiger charge is 2.16. The third-order valence-electron chi connectivity index (χ3n) is 2.52. The second-order valence-corrected chi connectivity index (χ2v) is 5.85. The lowest BCUT2D eigenvalue weighted by Crippen LogP contribution is -2.17. The summed E-state index contributed by atoms with van der Waals surface area (Å²) >= 11 is 0. The predicted molar refractivity (Wildman–Crippen MR) is 75.7 cm³/mol. The number of rotatable bonds is 1. The number of fused-ring (bicyclic) bond motifs is 1. The van der Waals surface area contributed by atoms with Crippen molar-refractivity contribution in [2.24, 2.45) is 7.05 Å². The van der Waals surface area contributed by atoms with Gasteiger partial charge in [-0.15, -0.1) is 0 Å². The molecule has 0 radical (unpaired) electrons. The highest BCUT2D eigenvalue weighted by molar-refractivity contribution is 7.90. The third kappa shape index (κ3) is 3.01. The van der Waals surface area contributed by atoms with E-state index in [1.165, 1.54) is 22.9 Å². The molecular formula is C13H18FNO3S. The molecule has 2 aromatic rings. The van der Waals surface area contributed by atoms with Crippen molar-refractivity contribution in [2.75, 3.05) is 6.26 Å². The lowest BCUT2D eigenvalue weighted by molar-refractivity contribution is 0.600. The topological polar surface area (TPSA) is 56.1 Å². The second-order valence-electron chi connectivity index (χ2n) is 3.87. The van der Waals surface area contributed by atoms with Gasteiger partial charge in [0.25, 0.3) is 0 Å². The van der Waals surface area contributed by atoms with Gasteiger partial charge < -0.3 is 4.57 Å². The fraction of sp³-hybridized carbons (Fsp3) is 0.308. The van der Waals surface area contributed by atoms with Crippen LogP contribution in [0, 0.1) is 5.82 Å². The van der Waals surface area contributed by atoms with Gasteiger partial charge >= 0.3 is 0 Å². The van der Waals surface area contributed by atoms with Crippen LogP contribution in [0.5, 0.6) is 0 Å². The minimum atomic E-state index is -3.58. The van der Waals surface area contributed by atoms with Crippen LogP contribution in [0.4, 0.5) is 4.39 Å². The lowest BCUT2D eigenvalue weighted by Gasteiger charge is -2.07. The smallest absolute Gasteiger partial charge is 0.208 e. The summed E-state index contributed by atoms with van der Waals surface area (Å²) in [6, 6.07) is 3.63. The van der Waals surface area contributed by atoms with E-state index in [0.717, 1.165) is 12.3 Å². The number of pyridine rings is 1. The molecule has 0 saturated heterocycles. The van der Waals surface area contributed by atoms with Gasteiger partial charge in [0.15, 0.2) is 9.84 Å². The molecule has 0 saturated carbocycles. The summed E-state index contributed by atoms with van der Waals surface area (Å²) in [5.41, 5.74) is -0.233. The van der Waals surface area contributed by atoms with E-state index in [1.54, 1.807) is 7.05 Å². The van der Waals surface area contributed by atoms with Crippen molar-refractivity contribution in [3.05, 3.63) is 40.4 Å². The monoisotopic (exact) mass is 287 g/mol. The van der Waals surface area contributed by atoms with Crippen LogP contribution >= 0.6 is 0 Å². The first-order chi connectivity index (χ1) is 7.80. The number of halogens is 1. The van der Waals surface area contributed by atoms with Crippen LogP contribution in [0.3, 0.4) is 0 Å². The average Bonchev–Trinajstić information content (AvgIpc) is 2.21. The third-order valence-corrected chi connectivity index (χ3v) is 3.61. The maximum Gasteiger partial charge on any atom is 0.208 e. The number of aromatic nitrogens is 1. The van der Waals surface area contributed by atoms with E-state index in [2.05, 4.69) is 0 Å². The molecule has 0 unspecified atom stereocenters. The Kier molecular flexibility index (Phi) is 5.03. The molecule has 0 N–H and O–H groups in total. The first-order valence-electron chi connectivity index (χ1n) is 4.79. The van der Waals surface area contributed by atoms with Crippen molar-refractivity contribution >= 4 is 20.7 Å². The van der Waals surface area contributed by atoms with Crippen LogP contribution in [-0.4, -0.2) is 19.2 Å². The van der Waals surface area contributed by atoms with Gasteiger partial charge in [0, 0.05) is 24.9 Å². The first kappa shape index (κ1) is 17.3. The largest absolute Gasteiger partial charge is 0.349 e. The Morgan fingerprint density at radius 1 is 1.21 bits per heavy atom. The molecule has 19 heavy (non-hydrogen) atoms. The summed E-state index contributed by atoms with van der Waals surface area (Å²) in [5, 5.41) is 0.192. The number of hydrogen-bond acceptors (Lipinski definition) is 3. The zero-order valence-corrected chi connectivity index (χ0v) is 10.1. The summed E-state index contributed by atoms with van der Waals surface area (Å²) < 4.78 is 37.3. The summed E-state index contributed by atoms with van der Waals surface area (Å²) in [7, 11) is -2.02. The highest BCUT2D eigenvalue weighted by atomic mass is 32.2. The highest BCUT2D eigenvalue weighted by Crippen LogP contribution is 2.14. The molecule has 0 spiro atoms. The Hall–Kier alpha value is -1.69. The zero-order valence-electron chi connectivity index (χ0n) is 9.27. The van der Waals surface area contributed by atoms with Crippen LogP contribution in [0.15, 0.2) is 34.1 Å². The Morgan fingerprint density at radius 2 is 1.79 bits per heavy atom. The molecule has 0 atom stereocenters. The Bertz CT molecular complexity index is 763. The number of aryl methyl sites for hydroxylation is 1. The Balaban J connectivity index is 0.00000162. The van der Waals surface area contributed by atoms with Crippen LogP contribution in [0.25, 0.3) is 10.9 Å². The van der Waals surface area contributed by atoms with Gasteiger partial charge in [0.1, 0.15) is 10.7 Å².